The summed E-state index contributed by atoms with van der Waals surface area (Å²) in [6.45, 7) is 3.49. The van der Waals surface area contributed by atoms with Crippen LogP contribution in [0, 0.1) is 0 Å². The van der Waals surface area contributed by atoms with Gasteiger partial charge in [-0.15, -0.1) is 0 Å². The number of aromatic nitrogens is 4. The minimum atomic E-state index is -0.0557. The largest absolute Gasteiger partial charge is 0.345 e. The molecule has 2 heterocycles. The van der Waals surface area contributed by atoms with E-state index in [0.717, 1.165) is 43.5 Å². The van der Waals surface area contributed by atoms with Crippen molar-refractivity contribution < 1.29 is 4.79 Å². The fourth-order valence-electron chi connectivity index (χ4n) is 4.76. The van der Waals surface area contributed by atoms with E-state index >= 15 is 0 Å². The first-order chi connectivity index (χ1) is 16.2. The van der Waals surface area contributed by atoms with Gasteiger partial charge >= 0.3 is 0 Å². The van der Waals surface area contributed by atoms with Crippen LogP contribution in [0.25, 0.3) is 0 Å². The van der Waals surface area contributed by atoms with Crippen LogP contribution >= 0.6 is 0 Å². The third kappa shape index (κ3) is 4.46. The van der Waals surface area contributed by atoms with E-state index in [4.69, 9.17) is 0 Å². The number of nitrogens with one attached hydrogen (secondary N) is 1. The minimum absolute atomic E-state index is 0.0204. The van der Waals surface area contributed by atoms with Crippen molar-refractivity contribution in [2.24, 2.45) is 0 Å². The van der Waals surface area contributed by atoms with Crippen LogP contribution in [0.5, 0.6) is 0 Å². The summed E-state index contributed by atoms with van der Waals surface area (Å²) in [6, 6.07) is 20.6. The molecule has 2 aromatic heterocycles. The molecule has 5 rings (SSSR count). The maximum absolute atomic E-state index is 13.3. The molecule has 1 N–H and O–H groups in total. The molecule has 4 aromatic rings. The molecule has 1 atom stereocenters. The fourth-order valence-corrected chi connectivity index (χ4v) is 4.76. The summed E-state index contributed by atoms with van der Waals surface area (Å²) in [5.41, 5.74) is 6.40. The van der Waals surface area contributed by atoms with Crippen LogP contribution in [0.3, 0.4) is 0 Å². The molecule has 33 heavy (non-hydrogen) atoms. The Morgan fingerprint density at radius 3 is 2.24 bits per heavy atom. The van der Waals surface area contributed by atoms with Gasteiger partial charge in [-0.05, 0) is 36.8 Å². The Bertz CT molecular complexity index is 1230. The van der Waals surface area contributed by atoms with E-state index in [9.17, 15) is 4.79 Å². The van der Waals surface area contributed by atoms with Gasteiger partial charge in [0.05, 0.1) is 42.8 Å². The summed E-state index contributed by atoms with van der Waals surface area (Å²) < 4.78 is 4.02. The number of carbonyl (C=O) groups is 1. The van der Waals surface area contributed by atoms with Crippen molar-refractivity contribution in [2.45, 2.75) is 51.7 Å². The number of nitrogens with zero attached hydrogens (tertiary/aromatic N) is 4. The Morgan fingerprint density at radius 2 is 1.58 bits per heavy atom. The normalized spacial score (nSPS) is 15.2. The molecule has 0 spiro atoms. The van der Waals surface area contributed by atoms with Crippen molar-refractivity contribution >= 4 is 5.91 Å². The minimum Gasteiger partial charge on any atom is -0.345 e. The summed E-state index contributed by atoms with van der Waals surface area (Å²) in [5.74, 6) is -0.0557. The van der Waals surface area contributed by atoms with Crippen molar-refractivity contribution in [3.05, 3.63) is 107 Å². The van der Waals surface area contributed by atoms with E-state index in [0.29, 0.717) is 12.1 Å². The molecule has 0 saturated carbocycles. The van der Waals surface area contributed by atoms with Crippen molar-refractivity contribution in [3.8, 4) is 0 Å². The topological polar surface area (TPSA) is 64.7 Å². The Morgan fingerprint density at radius 1 is 0.939 bits per heavy atom. The highest BCUT2D eigenvalue weighted by Crippen LogP contribution is 2.30. The van der Waals surface area contributed by atoms with E-state index in [2.05, 4.69) is 63.5 Å². The van der Waals surface area contributed by atoms with Crippen LogP contribution in [0.1, 0.15) is 64.2 Å². The number of rotatable bonds is 7. The number of amides is 1. The van der Waals surface area contributed by atoms with E-state index in [1.54, 1.807) is 6.20 Å². The zero-order valence-corrected chi connectivity index (χ0v) is 18.9. The first-order valence-electron chi connectivity index (χ1n) is 11.7. The lowest BCUT2D eigenvalue weighted by molar-refractivity contribution is 0.0931. The van der Waals surface area contributed by atoms with Crippen molar-refractivity contribution in [1.82, 2.24) is 24.9 Å². The third-order valence-electron chi connectivity index (χ3n) is 6.45. The molecule has 1 unspecified atom stereocenters. The second kappa shape index (κ2) is 9.45. The Balaban J connectivity index is 1.33. The quantitative estimate of drug-likeness (QED) is 0.460. The smallest absolute Gasteiger partial charge is 0.255 e. The number of hydrogen-bond donors (Lipinski definition) is 1. The highest BCUT2D eigenvalue weighted by Gasteiger charge is 2.27. The molecule has 1 amide bonds. The monoisotopic (exact) mass is 439 g/mol. The van der Waals surface area contributed by atoms with Crippen LogP contribution in [0.4, 0.5) is 0 Å². The van der Waals surface area contributed by atoms with Crippen molar-refractivity contribution in [1.29, 1.82) is 0 Å². The Kier molecular flexibility index (Phi) is 6.07. The standard InChI is InChI=1S/C27H29N5O/c1-2-25-23(17-29-31(25)18-20-10-5-3-6-11-20)27(33)30-24-14-9-15-26-22(24)16-28-32(26)19-21-12-7-4-8-13-21/h3-8,10-13,16-17,24H,2,9,14-15,18-19H2,1H3,(H,30,33). The molecule has 2 aromatic carbocycles. The predicted molar refractivity (Wildman–Crippen MR) is 128 cm³/mol. The van der Waals surface area contributed by atoms with E-state index < -0.39 is 0 Å². The van der Waals surface area contributed by atoms with Crippen LogP contribution in [0.2, 0.25) is 0 Å². The van der Waals surface area contributed by atoms with Crippen LogP contribution in [-0.4, -0.2) is 25.5 Å². The summed E-state index contributed by atoms with van der Waals surface area (Å²) in [6.07, 6.45) is 7.34. The molecule has 168 valence electrons. The highest BCUT2D eigenvalue weighted by molar-refractivity contribution is 5.95. The van der Waals surface area contributed by atoms with Gasteiger partial charge in [-0.1, -0.05) is 67.6 Å². The van der Waals surface area contributed by atoms with Gasteiger partial charge in [0, 0.05) is 11.3 Å². The fraction of sp³-hybridized carbons (Fsp3) is 0.296. The molecular weight excluding hydrogens is 410 g/mol. The second-order valence-electron chi connectivity index (χ2n) is 8.61. The van der Waals surface area contributed by atoms with Gasteiger partial charge in [-0.3, -0.25) is 14.2 Å². The van der Waals surface area contributed by atoms with Crippen molar-refractivity contribution in [2.75, 3.05) is 0 Å². The number of benzene rings is 2. The lowest BCUT2D eigenvalue weighted by Crippen LogP contribution is -2.31. The average Bonchev–Trinajstić information content (AvgIpc) is 3.45. The predicted octanol–water partition coefficient (Wildman–Crippen LogP) is 4.55. The van der Waals surface area contributed by atoms with Gasteiger partial charge in [0.25, 0.3) is 5.91 Å². The van der Waals surface area contributed by atoms with E-state index in [1.165, 1.54) is 16.8 Å². The molecule has 6 nitrogen and oxygen atoms in total. The third-order valence-corrected chi connectivity index (χ3v) is 6.45. The highest BCUT2D eigenvalue weighted by atomic mass is 16.1. The summed E-state index contributed by atoms with van der Waals surface area (Å²) >= 11 is 0. The summed E-state index contributed by atoms with van der Waals surface area (Å²) in [5, 5.41) is 12.5. The zero-order chi connectivity index (χ0) is 22.6. The summed E-state index contributed by atoms with van der Waals surface area (Å²) in [7, 11) is 0. The average molecular weight is 440 g/mol. The van der Waals surface area contributed by atoms with Gasteiger partial charge in [-0.2, -0.15) is 10.2 Å². The molecule has 1 aliphatic rings. The van der Waals surface area contributed by atoms with Gasteiger partial charge in [0.1, 0.15) is 0 Å². The molecule has 1 aliphatic carbocycles. The van der Waals surface area contributed by atoms with Gasteiger partial charge < -0.3 is 5.32 Å². The molecule has 0 radical (unpaired) electrons. The Hall–Kier alpha value is -3.67. The Labute approximate surface area is 194 Å². The van der Waals surface area contributed by atoms with E-state index in [-0.39, 0.29) is 11.9 Å². The number of carbonyl (C=O) groups excluding carboxylic acids is 1. The number of fused-ring (bicyclic) bond motifs is 1. The maximum atomic E-state index is 13.3. The molecule has 0 aliphatic heterocycles. The zero-order valence-electron chi connectivity index (χ0n) is 18.9. The number of hydrogen-bond acceptors (Lipinski definition) is 3. The van der Waals surface area contributed by atoms with Crippen LogP contribution < -0.4 is 5.32 Å². The lowest BCUT2D eigenvalue weighted by atomic mass is 9.92. The molecule has 0 fully saturated rings. The van der Waals surface area contributed by atoms with Gasteiger partial charge in [0.2, 0.25) is 0 Å². The van der Waals surface area contributed by atoms with E-state index in [1.807, 2.05) is 35.1 Å². The van der Waals surface area contributed by atoms with Gasteiger partial charge in [-0.25, -0.2) is 0 Å². The molecule has 0 saturated heterocycles. The van der Waals surface area contributed by atoms with Gasteiger partial charge in [0.15, 0.2) is 0 Å². The maximum Gasteiger partial charge on any atom is 0.255 e. The second-order valence-corrected chi connectivity index (χ2v) is 8.61. The lowest BCUT2D eigenvalue weighted by Gasteiger charge is -2.24. The summed E-state index contributed by atoms with van der Waals surface area (Å²) in [4.78, 5) is 13.3. The van der Waals surface area contributed by atoms with Crippen LogP contribution in [0.15, 0.2) is 73.1 Å². The molecular formula is C27H29N5O. The van der Waals surface area contributed by atoms with Crippen molar-refractivity contribution in [3.63, 3.8) is 0 Å². The first-order valence-corrected chi connectivity index (χ1v) is 11.7. The van der Waals surface area contributed by atoms with Crippen LogP contribution in [-0.2, 0) is 25.9 Å². The first kappa shape index (κ1) is 21.2. The molecule has 6 heteroatoms. The molecule has 0 bridgehead atoms. The SMILES string of the molecule is CCc1c(C(=O)NC2CCCc3c2cnn3Cc2ccccc2)cnn1Cc1ccccc1.